The van der Waals surface area contributed by atoms with Crippen molar-refractivity contribution in [1.82, 2.24) is 15.2 Å². The number of rotatable bonds is 6. The Balaban J connectivity index is 0.977. The number of benzene rings is 2. The zero-order valence-electron chi connectivity index (χ0n) is 18.2. The van der Waals surface area contributed by atoms with E-state index in [-0.39, 0.29) is 17.2 Å². The lowest BCUT2D eigenvalue weighted by molar-refractivity contribution is -0.123. The fraction of sp³-hybridized carbons (Fsp3) is 0.423. The summed E-state index contributed by atoms with van der Waals surface area (Å²) in [5.41, 5.74) is 3.91. The Morgan fingerprint density at radius 1 is 1.12 bits per heavy atom. The molecule has 1 saturated carbocycles. The Labute approximate surface area is 187 Å². The predicted octanol–water partition coefficient (Wildman–Crippen LogP) is 3.86. The molecule has 1 aliphatic carbocycles. The van der Waals surface area contributed by atoms with Crippen LogP contribution in [0, 0.1) is 11.3 Å². The van der Waals surface area contributed by atoms with Crippen molar-refractivity contribution in [2.24, 2.45) is 11.3 Å². The fourth-order valence-corrected chi connectivity index (χ4v) is 5.51. The van der Waals surface area contributed by atoms with Crippen molar-refractivity contribution in [2.75, 3.05) is 26.4 Å². The van der Waals surface area contributed by atoms with Crippen molar-refractivity contribution in [3.63, 3.8) is 0 Å². The van der Waals surface area contributed by atoms with Crippen LogP contribution in [0.5, 0.6) is 11.5 Å². The first-order chi connectivity index (χ1) is 15.7. The molecule has 6 rings (SSSR count). The number of hydrogen-bond acceptors (Lipinski definition) is 4. The highest BCUT2D eigenvalue weighted by molar-refractivity contribution is 5.84. The molecule has 2 fully saturated rings. The van der Waals surface area contributed by atoms with E-state index in [1.807, 2.05) is 12.1 Å². The monoisotopic (exact) mass is 431 g/mol. The summed E-state index contributed by atoms with van der Waals surface area (Å²) >= 11 is 0. The lowest BCUT2D eigenvalue weighted by Gasteiger charge is -2.32. The zero-order valence-corrected chi connectivity index (χ0v) is 18.2. The Bertz CT molecular complexity index is 1150. The third-order valence-electron chi connectivity index (χ3n) is 7.57. The topological polar surface area (TPSA) is 66.6 Å². The molecule has 1 spiro atoms. The van der Waals surface area contributed by atoms with E-state index in [1.54, 1.807) is 0 Å². The number of piperidine rings is 1. The van der Waals surface area contributed by atoms with Gasteiger partial charge in [0, 0.05) is 36.1 Å². The second kappa shape index (κ2) is 7.85. The van der Waals surface area contributed by atoms with Gasteiger partial charge in [0.1, 0.15) is 0 Å². The summed E-state index contributed by atoms with van der Waals surface area (Å²) in [7, 11) is 0. The van der Waals surface area contributed by atoms with Crippen LogP contribution in [0.1, 0.15) is 30.4 Å². The third kappa shape index (κ3) is 3.62. The summed E-state index contributed by atoms with van der Waals surface area (Å²) in [6, 6.07) is 14.5. The highest BCUT2D eigenvalue weighted by Gasteiger charge is 2.58. The van der Waals surface area contributed by atoms with Gasteiger partial charge in [-0.25, -0.2) is 0 Å². The molecular formula is C26H29N3O3. The van der Waals surface area contributed by atoms with Crippen LogP contribution in [0.25, 0.3) is 10.9 Å². The zero-order chi connectivity index (χ0) is 21.5. The molecule has 3 aliphatic rings. The van der Waals surface area contributed by atoms with Gasteiger partial charge in [-0.15, -0.1) is 0 Å². The number of hydrogen-bond donors (Lipinski definition) is 2. The molecule has 3 heterocycles. The first-order valence-electron chi connectivity index (χ1n) is 11.6. The highest BCUT2D eigenvalue weighted by atomic mass is 16.7. The molecule has 1 atom stereocenters. The summed E-state index contributed by atoms with van der Waals surface area (Å²) in [5, 5.41) is 4.45. The van der Waals surface area contributed by atoms with Crippen LogP contribution in [0.3, 0.4) is 0 Å². The predicted molar refractivity (Wildman–Crippen MR) is 123 cm³/mol. The fourth-order valence-electron chi connectivity index (χ4n) is 5.51. The summed E-state index contributed by atoms with van der Waals surface area (Å²) in [4.78, 5) is 18.6. The van der Waals surface area contributed by atoms with E-state index >= 15 is 0 Å². The maximum atomic E-state index is 12.8. The molecule has 0 bridgehead atoms. The number of carbonyl (C=O) groups is 1. The molecule has 1 unspecified atom stereocenters. The average molecular weight is 432 g/mol. The summed E-state index contributed by atoms with van der Waals surface area (Å²) in [6.07, 6.45) is 6.18. The number of carbonyl (C=O) groups excluding carboxylic acids is 1. The van der Waals surface area contributed by atoms with E-state index in [0.29, 0.717) is 13.3 Å². The lowest BCUT2D eigenvalue weighted by Crippen LogP contribution is -2.37. The number of H-pyrrole nitrogens is 1. The minimum absolute atomic E-state index is 0.193. The van der Waals surface area contributed by atoms with Crippen LogP contribution in [-0.2, 0) is 17.8 Å². The largest absolute Gasteiger partial charge is 0.454 e. The Morgan fingerprint density at radius 2 is 1.97 bits per heavy atom. The van der Waals surface area contributed by atoms with Crippen LogP contribution >= 0.6 is 0 Å². The molecular weight excluding hydrogens is 402 g/mol. The Hall–Kier alpha value is -2.99. The second-order valence-electron chi connectivity index (χ2n) is 9.48. The molecule has 32 heavy (non-hydrogen) atoms. The molecule has 1 aromatic heterocycles. The van der Waals surface area contributed by atoms with E-state index in [4.69, 9.17) is 9.47 Å². The van der Waals surface area contributed by atoms with E-state index in [2.05, 4.69) is 51.7 Å². The molecule has 2 aromatic carbocycles. The number of para-hydroxylation sites is 1. The molecule has 3 aromatic rings. The summed E-state index contributed by atoms with van der Waals surface area (Å²) < 4.78 is 10.9. The maximum Gasteiger partial charge on any atom is 0.231 e. The van der Waals surface area contributed by atoms with Gasteiger partial charge in [-0.1, -0.05) is 24.3 Å². The van der Waals surface area contributed by atoms with Gasteiger partial charge in [-0.2, -0.15) is 0 Å². The van der Waals surface area contributed by atoms with Gasteiger partial charge in [0.15, 0.2) is 11.5 Å². The van der Waals surface area contributed by atoms with Crippen LogP contribution < -0.4 is 14.8 Å². The van der Waals surface area contributed by atoms with Gasteiger partial charge in [0.25, 0.3) is 0 Å². The van der Waals surface area contributed by atoms with Gasteiger partial charge in [-0.3, -0.25) is 9.69 Å². The molecule has 6 nitrogen and oxygen atoms in total. The lowest BCUT2D eigenvalue weighted by atomic mass is 9.90. The molecule has 1 amide bonds. The first kappa shape index (κ1) is 19.7. The Morgan fingerprint density at radius 3 is 2.88 bits per heavy atom. The van der Waals surface area contributed by atoms with Crippen molar-refractivity contribution < 1.29 is 14.3 Å². The maximum absolute atomic E-state index is 12.8. The Kier molecular flexibility index (Phi) is 4.83. The van der Waals surface area contributed by atoms with E-state index in [1.165, 1.54) is 16.5 Å². The van der Waals surface area contributed by atoms with Crippen LogP contribution in [-0.4, -0.2) is 42.2 Å². The normalized spacial score (nSPS) is 21.2. The number of nitrogens with zero attached hydrogens (tertiary/aromatic N) is 1. The van der Waals surface area contributed by atoms with Crippen molar-refractivity contribution in [3.8, 4) is 11.5 Å². The second-order valence-corrected chi connectivity index (χ2v) is 9.48. The molecule has 2 N–H and O–H groups in total. The first-order valence-corrected chi connectivity index (χ1v) is 11.6. The van der Waals surface area contributed by atoms with Crippen molar-refractivity contribution in [3.05, 3.63) is 59.8 Å². The minimum atomic E-state index is 0.193. The minimum Gasteiger partial charge on any atom is -0.454 e. The quantitative estimate of drug-likeness (QED) is 0.622. The van der Waals surface area contributed by atoms with E-state index in [9.17, 15) is 4.79 Å². The molecule has 0 radical (unpaired) electrons. The van der Waals surface area contributed by atoms with Gasteiger partial charge in [-0.05, 0) is 73.5 Å². The van der Waals surface area contributed by atoms with Crippen LogP contribution in [0.4, 0.5) is 0 Å². The number of aromatic nitrogens is 1. The summed E-state index contributed by atoms with van der Waals surface area (Å²) in [5.74, 6) is 2.12. The number of likely N-dealkylation sites (tertiary alicyclic amines) is 1. The standard InChI is InChI=1S/C26H29N3O3/c30-25(27-10-7-19-15-28-22-4-2-1-3-20(19)22)21-14-26(21)8-11-29(12-9-26)16-18-5-6-23-24(13-18)32-17-31-23/h1-6,13,15,21,28H,7-12,14,16-17H2,(H,27,30). The van der Waals surface area contributed by atoms with Gasteiger partial charge in [0.05, 0.1) is 0 Å². The molecule has 166 valence electrons. The number of nitrogens with one attached hydrogen (secondary N) is 2. The third-order valence-corrected chi connectivity index (χ3v) is 7.57. The van der Waals surface area contributed by atoms with Crippen molar-refractivity contribution in [1.29, 1.82) is 0 Å². The van der Waals surface area contributed by atoms with Crippen LogP contribution in [0.15, 0.2) is 48.7 Å². The number of aromatic amines is 1. The number of amides is 1. The number of ether oxygens (including phenoxy) is 2. The van der Waals surface area contributed by atoms with E-state index < -0.39 is 0 Å². The van der Waals surface area contributed by atoms with E-state index in [0.717, 1.165) is 62.3 Å². The SMILES string of the molecule is O=C(NCCc1c[nH]c2ccccc12)C1CC12CCN(Cc1ccc3c(c1)OCO3)CC2. The number of fused-ring (bicyclic) bond motifs is 2. The van der Waals surface area contributed by atoms with Crippen molar-refractivity contribution in [2.45, 2.75) is 32.2 Å². The van der Waals surface area contributed by atoms with Gasteiger partial charge >= 0.3 is 0 Å². The van der Waals surface area contributed by atoms with Crippen molar-refractivity contribution >= 4 is 16.8 Å². The highest BCUT2D eigenvalue weighted by Crippen LogP contribution is 2.59. The summed E-state index contributed by atoms with van der Waals surface area (Å²) in [6.45, 7) is 4.04. The molecule has 2 aliphatic heterocycles. The van der Waals surface area contributed by atoms with Gasteiger partial charge in [0.2, 0.25) is 12.7 Å². The molecule has 1 saturated heterocycles. The van der Waals surface area contributed by atoms with Gasteiger partial charge < -0.3 is 19.8 Å². The van der Waals surface area contributed by atoms with Crippen LogP contribution in [0.2, 0.25) is 0 Å². The average Bonchev–Trinajstić information content (AvgIpc) is 3.13. The smallest absolute Gasteiger partial charge is 0.231 e. The molecule has 6 heteroatoms.